The van der Waals surface area contributed by atoms with Gasteiger partial charge in [0.15, 0.2) is 23.0 Å². The van der Waals surface area contributed by atoms with Crippen molar-refractivity contribution >= 4 is 49.9 Å². The average molecular weight is 1140 g/mol. The molecular weight excluding hydrogens is 1100 g/mol. The van der Waals surface area contributed by atoms with Crippen LogP contribution in [0.4, 0.5) is 35.1 Å². The van der Waals surface area contributed by atoms with Gasteiger partial charge in [0, 0.05) is 55.7 Å². The molecule has 0 bridgehead atoms. The van der Waals surface area contributed by atoms with Gasteiger partial charge in [-0.05, 0) is 82.9 Å². The maximum Gasteiger partial charge on any atom is 0.534 e. The number of ether oxygens (including phenoxy) is 2. The van der Waals surface area contributed by atoms with Crippen LogP contribution in [0.5, 0.6) is 23.0 Å². The number of halogens is 8. The Morgan fingerprint density at radius 3 is 1.13 bits per heavy atom. The number of pyridine rings is 2. The van der Waals surface area contributed by atoms with Gasteiger partial charge in [0.05, 0.1) is 26.6 Å². The SMILES string of the molecule is CC(=O)O.COc1cncc(-c2cc(C3(c4ccc(OS(=O)(=O)C(F)(F)F)cc4)N=C(N)N(C)C3=O)ccc2F)c1.COc1cncc(-c2cc(C3(c4ccc(OS(=O)(=O)C(F)(F)F)cc4)N=C(N)N(C)C3=O)ccc2F)c1. The van der Waals surface area contributed by atoms with Crippen LogP contribution >= 0.6 is 0 Å². The minimum atomic E-state index is -5.91. The number of nitrogens with two attached hydrogens (primary N) is 2. The first kappa shape index (κ1) is 58.3. The molecule has 0 spiro atoms. The van der Waals surface area contributed by atoms with Gasteiger partial charge >= 0.3 is 31.3 Å². The van der Waals surface area contributed by atoms with E-state index in [1.807, 2.05) is 0 Å². The van der Waals surface area contributed by atoms with Gasteiger partial charge in [0.1, 0.15) is 34.6 Å². The van der Waals surface area contributed by atoms with Crippen LogP contribution < -0.4 is 29.3 Å². The number of rotatable bonds is 12. The van der Waals surface area contributed by atoms with Crippen LogP contribution in [-0.4, -0.2) is 111 Å². The van der Waals surface area contributed by atoms with Crippen molar-refractivity contribution in [3.8, 4) is 45.3 Å². The molecule has 6 aromatic rings. The topological polar surface area (TPSA) is 286 Å². The summed E-state index contributed by atoms with van der Waals surface area (Å²) in [6, 6.07) is 19.1. The second kappa shape index (κ2) is 22.0. The zero-order valence-corrected chi connectivity index (χ0v) is 42.3. The zero-order valence-electron chi connectivity index (χ0n) is 40.7. The Morgan fingerprint density at radius 1 is 0.551 bits per heavy atom. The lowest BCUT2D eigenvalue weighted by atomic mass is 9.81. The first-order valence-electron chi connectivity index (χ1n) is 21.6. The molecule has 2 aliphatic rings. The number of carboxylic acids is 1. The largest absolute Gasteiger partial charge is 0.534 e. The minimum absolute atomic E-state index is 0.0654. The van der Waals surface area contributed by atoms with Crippen molar-refractivity contribution in [1.29, 1.82) is 0 Å². The maximum absolute atomic E-state index is 14.9. The summed E-state index contributed by atoms with van der Waals surface area (Å²) >= 11 is 0. The fourth-order valence-electron chi connectivity index (χ4n) is 7.52. The van der Waals surface area contributed by atoms with E-state index in [0.29, 0.717) is 22.6 Å². The Labute approximate surface area is 437 Å². The molecule has 0 saturated heterocycles. The molecule has 20 nitrogen and oxygen atoms in total. The molecule has 4 aromatic carbocycles. The first-order chi connectivity index (χ1) is 36.3. The highest BCUT2D eigenvalue weighted by atomic mass is 32.2. The van der Waals surface area contributed by atoms with Gasteiger partial charge in [-0.2, -0.15) is 43.2 Å². The molecule has 412 valence electrons. The predicted molar refractivity (Wildman–Crippen MR) is 260 cm³/mol. The molecule has 0 fully saturated rings. The van der Waals surface area contributed by atoms with Crippen molar-refractivity contribution in [1.82, 2.24) is 19.8 Å². The highest BCUT2D eigenvalue weighted by Crippen LogP contribution is 2.44. The number of hydrogen-bond acceptors (Lipinski definition) is 17. The Hall–Kier alpha value is -8.93. The molecular formula is C48H40F8N8O12S2. The number of hydrogen-bond donors (Lipinski definition) is 3. The number of carboxylic acid groups (broad SMARTS) is 1. The Kier molecular flexibility index (Phi) is 16.4. The second-order valence-corrected chi connectivity index (χ2v) is 19.3. The normalized spacial score (nSPS) is 17.4. The number of aromatic nitrogens is 2. The van der Waals surface area contributed by atoms with E-state index in [4.69, 9.17) is 30.8 Å². The van der Waals surface area contributed by atoms with Crippen LogP contribution in [0, 0.1) is 11.6 Å². The fraction of sp³-hybridized carbons (Fsp3) is 0.188. The smallest absolute Gasteiger partial charge is 0.495 e. The highest BCUT2D eigenvalue weighted by molar-refractivity contribution is 7.88. The van der Waals surface area contributed by atoms with Crippen LogP contribution in [0.1, 0.15) is 29.2 Å². The van der Waals surface area contributed by atoms with E-state index >= 15 is 0 Å². The van der Waals surface area contributed by atoms with Gasteiger partial charge in [-0.25, -0.2) is 18.8 Å². The van der Waals surface area contributed by atoms with Crippen molar-refractivity contribution < 1.29 is 89.3 Å². The lowest BCUT2D eigenvalue weighted by Gasteiger charge is -2.27. The molecule has 8 rings (SSSR count). The third-order valence-corrected chi connectivity index (χ3v) is 13.2. The third-order valence-electron chi connectivity index (χ3n) is 11.3. The number of nitrogens with zero attached hydrogens (tertiary/aromatic N) is 6. The summed E-state index contributed by atoms with van der Waals surface area (Å²) in [5, 5.41) is 7.42. The van der Waals surface area contributed by atoms with Gasteiger partial charge < -0.3 is 34.4 Å². The maximum atomic E-state index is 14.9. The molecule has 78 heavy (non-hydrogen) atoms. The quantitative estimate of drug-likeness (QED) is 0.0679. The van der Waals surface area contributed by atoms with Crippen LogP contribution in [0.3, 0.4) is 0 Å². The van der Waals surface area contributed by atoms with Crippen LogP contribution in [0.25, 0.3) is 22.3 Å². The summed E-state index contributed by atoms with van der Waals surface area (Å²) in [4.78, 5) is 54.7. The molecule has 0 saturated carbocycles. The molecule has 2 aromatic heterocycles. The number of benzene rings is 4. The number of carbonyl (C=O) groups is 3. The van der Waals surface area contributed by atoms with Crippen LogP contribution in [-0.2, 0) is 45.7 Å². The van der Waals surface area contributed by atoms with Crippen molar-refractivity contribution in [2.45, 2.75) is 29.0 Å². The number of likely N-dealkylation sites (N-methyl/N-ethyl adjacent to an activating group) is 2. The second-order valence-electron chi connectivity index (χ2n) is 16.2. The number of aliphatic carboxylic acids is 1. The van der Waals surface area contributed by atoms with E-state index in [0.717, 1.165) is 53.1 Å². The summed E-state index contributed by atoms with van der Waals surface area (Å²) < 4.78 is 170. The van der Waals surface area contributed by atoms with E-state index < -0.39 is 83.2 Å². The van der Waals surface area contributed by atoms with Gasteiger partial charge in [0.2, 0.25) is 0 Å². The number of amides is 2. The number of methoxy groups -OCH3 is 2. The van der Waals surface area contributed by atoms with E-state index in [1.54, 1.807) is 0 Å². The average Bonchev–Trinajstić information content (AvgIpc) is 3.94. The zero-order chi connectivity index (χ0) is 57.9. The van der Waals surface area contributed by atoms with E-state index in [2.05, 4.69) is 28.3 Å². The fourth-order valence-corrected chi connectivity index (χ4v) is 8.44. The summed E-state index contributed by atoms with van der Waals surface area (Å²) in [6.45, 7) is 1.08. The lowest BCUT2D eigenvalue weighted by molar-refractivity contribution is -0.134. The van der Waals surface area contributed by atoms with Crippen molar-refractivity contribution in [2.75, 3.05) is 28.3 Å². The number of carbonyl (C=O) groups excluding carboxylic acids is 2. The van der Waals surface area contributed by atoms with Gasteiger partial charge in [-0.3, -0.25) is 34.2 Å². The Balaban J connectivity index is 0.000000236. The number of aliphatic imine (C=N–C) groups is 2. The monoisotopic (exact) mass is 1140 g/mol. The highest BCUT2D eigenvalue weighted by Gasteiger charge is 2.53. The standard InChI is InChI=1S/2C23H18F4N4O5S.C2H4O2/c2*1-31-20(32)22(30-21(31)28,14-3-6-16(7-4-14)36-37(33,34)23(25,26)27)15-5-8-19(24)18(10-15)13-9-17(35-2)12-29-11-13;1-2(3)4/h2*3-12H,1-2H3,(H2,28,30);1H3,(H,3,4). The van der Waals surface area contributed by atoms with Gasteiger partial charge in [-0.15, -0.1) is 0 Å². The molecule has 5 N–H and O–H groups in total. The summed E-state index contributed by atoms with van der Waals surface area (Å²) in [5.74, 6) is -4.27. The predicted octanol–water partition coefficient (Wildman–Crippen LogP) is 6.40. The van der Waals surface area contributed by atoms with E-state index in [-0.39, 0.29) is 45.3 Å². The summed E-state index contributed by atoms with van der Waals surface area (Å²) in [6.07, 6.45) is 5.64. The Morgan fingerprint density at radius 2 is 0.859 bits per heavy atom. The molecule has 2 unspecified atom stereocenters. The van der Waals surface area contributed by atoms with Crippen molar-refractivity contribution in [2.24, 2.45) is 21.5 Å². The minimum Gasteiger partial charge on any atom is -0.495 e. The first-order valence-corrected chi connectivity index (χ1v) is 24.4. The lowest BCUT2D eigenvalue weighted by Crippen LogP contribution is -2.41. The van der Waals surface area contributed by atoms with E-state index in [9.17, 15) is 61.5 Å². The molecule has 30 heteroatoms. The molecule has 2 aliphatic heterocycles. The van der Waals surface area contributed by atoms with Crippen LogP contribution in [0.2, 0.25) is 0 Å². The molecule has 0 radical (unpaired) electrons. The third kappa shape index (κ3) is 11.6. The number of alkyl halides is 6. The molecule has 4 heterocycles. The molecule has 2 atom stereocenters. The molecule has 2 amide bonds. The van der Waals surface area contributed by atoms with Crippen LogP contribution in [0.15, 0.2) is 132 Å². The van der Waals surface area contributed by atoms with Gasteiger partial charge in [-0.1, -0.05) is 36.4 Å². The van der Waals surface area contributed by atoms with E-state index in [1.165, 1.54) is 114 Å². The van der Waals surface area contributed by atoms with Crippen molar-refractivity contribution in [3.05, 3.63) is 156 Å². The molecule has 0 aliphatic carbocycles. The summed E-state index contributed by atoms with van der Waals surface area (Å²) in [7, 11) is -6.24. The van der Waals surface area contributed by atoms with Crippen molar-refractivity contribution in [3.63, 3.8) is 0 Å². The number of guanidine groups is 2. The van der Waals surface area contributed by atoms with Gasteiger partial charge in [0.25, 0.3) is 17.8 Å². The summed E-state index contributed by atoms with van der Waals surface area (Å²) in [5.41, 5.74) is -1.72. The Bertz CT molecular complexity index is 3360.